The summed E-state index contributed by atoms with van der Waals surface area (Å²) in [5.41, 5.74) is 3.39. The lowest BCUT2D eigenvalue weighted by Gasteiger charge is -2.12. The maximum atomic E-state index is 12.1. The van der Waals surface area contributed by atoms with Gasteiger partial charge >= 0.3 is 0 Å². The normalized spacial score (nSPS) is 18.2. The van der Waals surface area contributed by atoms with E-state index in [0.717, 1.165) is 31.5 Å². The largest absolute Gasteiger partial charge is 0.349 e. The molecule has 1 aliphatic heterocycles. The van der Waals surface area contributed by atoms with Crippen molar-refractivity contribution in [2.24, 2.45) is 0 Å². The molecule has 0 spiro atoms. The van der Waals surface area contributed by atoms with Crippen LogP contribution in [0.1, 0.15) is 47.2 Å². The third-order valence-electron chi connectivity index (χ3n) is 3.79. The van der Waals surface area contributed by atoms with Crippen molar-refractivity contribution in [2.75, 3.05) is 0 Å². The molecule has 1 fully saturated rings. The van der Waals surface area contributed by atoms with Gasteiger partial charge in [0.2, 0.25) is 0 Å². The first-order chi connectivity index (χ1) is 8.33. The third-order valence-corrected chi connectivity index (χ3v) is 3.79. The Morgan fingerprint density at radius 3 is 2.67 bits per heavy atom. The fourth-order valence-electron chi connectivity index (χ4n) is 2.77. The zero-order valence-corrected chi connectivity index (χ0v) is 11.2. The van der Waals surface area contributed by atoms with E-state index in [2.05, 4.69) is 16.7 Å². The quantitative estimate of drug-likeness (QED) is 0.863. The number of hydrogen-bond donors (Lipinski definition) is 2. The van der Waals surface area contributed by atoms with Gasteiger partial charge in [-0.1, -0.05) is 18.9 Å². The lowest BCUT2D eigenvalue weighted by atomic mass is 10.1. The highest BCUT2D eigenvalue weighted by Gasteiger charge is 2.19. The number of fused-ring (bicyclic) bond motifs is 1. The van der Waals surface area contributed by atoms with E-state index in [1.807, 2.05) is 12.1 Å². The van der Waals surface area contributed by atoms with Crippen molar-refractivity contribution in [3.8, 4) is 0 Å². The molecule has 1 aromatic rings. The molecule has 1 aromatic carbocycles. The molecule has 3 nitrogen and oxygen atoms in total. The molecule has 0 unspecified atom stereocenters. The summed E-state index contributed by atoms with van der Waals surface area (Å²) >= 11 is 0. The summed E-state index contributed by atoms with van der Waals surface area (Å²) < 4.78 is 0. The third kappa shape index (κ3) is 2.68. The molecule has 2 N–H and O–H groups in total. The van der Waals surface area contributed by atoms with Gasteiger partial charge in [0.05, 0.1) is 0 Å². The number of halogens is 1. The highest BCUT2D eigenvalue weighted by Crippen LogP contribution is 2.20. The molecule has 0 aromatic heterocycles. The van der Waals surface area contributed by atoms with Crippen LogP contribution in [0.3, 0.4) is 0 Å². The minimum atomic E-state index is 0. The molecule has 0 bridgehead atoms. The monoisotopic (exact) mass is 266 g/mol. The molecule has 18 heavy (non-hydrogen) atoms. The number of hydrogen-bond acceptors (Lipinski definition) is 2. The van der Waals surface area contributed by atoms with Gasteiger partial charge in [0.25, 0.3) is 5.91 Å². The molecule has 2 aliphatic rings. The Kier molecular flexibility index (Phi) is 4.25. The minimum Gasteiger partial charge on any atom is -0.349 e. The Bertz CT molecular complexity index is 441. The number of benzene rings is 1. The van der Waals surface area contributed by atoms with Crippen LogP contribution in [0.25, 0.3) is 0 Å². The first kappa shape index (κ1) is 13.4. The van der Waals surface area contributed by atoms with Crippen molar-refractivity contribution in [1.82, 2.24) is 10.6 Å². The Morgan fingerprint density at radius 1 is 1.17 bits per heavy atom. The van der Waals surface area contributed by atoms with Gasteiger partial charge in [-0.05, 0) is 36.1 Å². The summed E-state index contributed by atoms with van der Waals surface area (Å²) in [6.07, 6.45) is 4.77. The van der Waals surface area contributed by atoms with Gasteiger partial charge < -0.3 is 10.6 Å². The van der Waals surface area contributed by atoms with Gasteiger partial charge in [-0.3, -0.25) is 4.79 Å². The van der Waals surface area contributed by atoms with E-state index in [-0.39, 0.29) is 18.3 Å². The summed E-state index contributed by atoms with van der Waals surface area (Å²) in [4.78, 5) is 12.1. The van der Waals surface area contributed by atoms with Crippen LogP contribution in [0.15, 0.2) is 18.2 Å². The highest BCUT2D eigenvalue weighted by atomic mass is 35.5. The standard InChI is InChI=1S/C14H18N2O.ClH/c17-14(16-13-3-1-2-4-13)10-5-6-11-8-15-9-12(11)7-10;/h5-7,13,15H,1-4,8-9H2,(H,16,17);1H. The molecular weight excluding hydrogens is 248 g/mol. The maximum Gasteiger partial charge on any atom is 0.251 e. The number of carbonyl (C=O) groups excluding carboxylic acids is 1. The van der Waals surface area contributed by atoms with Gasteiger partial charge in [0.15, 0.2) is 0 Å². The topological polar surface area (TPSA) is 41.1 Å². The van der Waals surface area contributed by atoms with Crippen molar-refractivity contribution in [2.45, 2.75) is 44.8 Å². The lowest BCUT2D eigenvalue weighted by molar-refractivity contribution is 0.0938. The van der Waals surface area contributed by atoms with E-state index < -0.39 is 0 Å². The van der Waals surface area contributed by atoms with E-state index in [0.29, 0.717) is 6.04 Å². The van der Waals surface area contributed by atoms with Crippen molar-refractivity contribution in [3.05, 3.63) is 34.9 Å². The first-order valence-electron chi connectivity index (χ1n) is 6.46. The molecule has 1 heterocycles. The predicted octanol–water partition coefficient (Wildman–Crippen LogP) is 2.38. The Morgan fingerprint density at radius 2 is 1.89 bits per heavy atom. The Labute approximate surface area is 114 Å². The van der Waals surface area contributed by atoms with Gasteiger partial charge in [0.1, 0.15) is 0 Å². The number of carbonyl (C=O) groups is 1. The zero-order chi connectivity index (χ0) is 11.7. The summed E-state index contributed by atoms with van der Waals surface area (Å²) in [5, 5.41) is 6.42. The van der Waals surface area contributed by atoms with Crippen LogP contribution >= 0.6 is 12.4 Å². The average Bonchev–Trinajstić information content (AvgIpc) is 2.97. The Balaban J connectivity index is 0.00000120. The van der Waals surface area contributed by atoms with E-state index in [1.165, 1.54) is 24.0 Å². The number of rotatable bonds is 2. The zero-order valence-electron chi connectivity index (χ0n) is 10.4. The number of nitrogens with one attached hydrogen (secondary N) is 2. The molecule has 4 heteroatoms. The first-order valence-corrected chi connectivity index (χ1v) is 6.46. The fourth-order valence-corrected chi connectivity index (χ4v) is 2.77. The van der Waals surface area contributed by atoms with Gasteiger partial charge in [-0.15, -0.1) is 12.4 Å². The van der Waals surface area contributed by atoms with Crippen LogP contribution < -0.4 is 10.6 Å². The molecule has 1 aliphatic carbocycles. The van der Waals surface area contributed by atoms with Gasteiger partial charge in [0, 0.05) is 24.7 Å². The molecule has 1 amide bonds. The molecule has 3 rings (SSSR count). The summed E-state index contributed by atoms with van der Waals surface area (Å²) in [7, 11) is 0. The second-order valence-electron chi connectivity index (χ2n) is 5.04. The summed E-state index contributed by atoms with van der Waals surface area (Å²) in [6.45, 7) is 1.82. The van der Waals surface area contributed by atoms with E-state index in [1.54, 1.807) is 0 Å². The smallest absolute Gasteiger partial charge is 0.251 e. The summed E-state index contributed by atoms with van der Waals surface area (Å²) in [6, 6.07) is 6.43. The van der Waals surface area contributed by atoms with E-state index >= 15 is 0 Å². The van der Waals surface area contributed by atoms with Crippen LogP contribution in [-0.2, 0) is 13.1 Å². The van der Waals surface area contributed by atoms with Crippen molar-refractivity contribution in [3.63, 3.8) is 0 Å². The van der Waals surface area contributed by atoms with E-state index in [9.17, 15) is 4.79 Å². The highest BCUT2D eigenvalue weighted by molar-refractivity contribution is 5.94. The van der Waals surface area contributed by atoms with Crippen LogP contribution in [0, 0.1) is 0 Å². The van der Waals surface area contributed by atoms with Gasteiger partial charge in [-0.25, -0.2) is 0 Å². The van der Waals surface area contributed by atoms with Crippen molar-refractivity contribution < 1.29 is 4.79 Å². The van der Waals surface area contributed by atoms with Crippen molar-refractivity contribution in [1.29, 1.82) is 0 Å². The molecule has 98 valence electrons. The average molecular weight is 267 g/mol. The minimum absolute atomic E-state index is 0. The molecule has 0 atom stereocenters. The SMILES string of the molecule is Cl.O=C(NC1CCCC1)c1ccc2c(c1)CNC2. The van der Waals surface area contributed by atoms with Crippen LogP contribution in [0.5, 0.6) is 0 Å². The molecule has 0 saturated heterocycles. The van der Waals surface area contributed by atoms with Gasteiger partial charge in [-0.2, -0.15) is 0 Å². The van der Waals surface area contributed by atoms with Crippen LogP contribution in [0.4, 0.5) is 0 Å². The summed E-state index contributed by atoms with van der Waals surface area (Å²) in [5.74, 6) is 0.0894. The van der Waals surface area contributed by atoms with E-state index in [4.69, 9.17) is 0 Å². The lowest BCUT2D eigenvalue weighted by Crippen LogP contribution is -2.32. The molecule has 0 radical (unpaired) electrons. The van der Waals surface area contributed by atoms with Crippen molar-refractivity contribution >= 4 is 18.3 Å². The second-order valence-corrected chi connectivity index (χ2v) is 5.04. The van der Waals surface area contributed by atoms with Crippen LogP contribution in [0.2, 0.25) is 0 Å². The maximum absolute atomic E-state index is 12.1. The number of amides is 1. The Hall–Kier alpha value is -1.06. The van der Waals surface area contributed by atoms with Crippen LogP contribution in [-0.4, -0.2) is 11.9 Å². The predicted molar refractivity (Wildman–Crippen MR) is 74.0 cm³/mol. The molecular formula is C14H19ClN2O. The molecule has 1 saturated carbocycles. The second kappa shape index (κ2) is 5.72. The fraction of sp³-hybridized carbons (Fsp3) is 0.500.